The van der Waals surface area contributed by atoms with Crippen molar-refractivity contribution in [2.24, 2.45) is 5.73 Å². The van der Waals surface area contributed by atoms with Crippen LogP contribution in [0.1, 0.15) is 11.3 Å². The summed E-state index contributed by atoms with van der Waals surface area (Å²) < 4.78 is 14.4. The van der Waals surface area contributed by atoms with Crippen LogP contribution in [0.5, 0.6) is 0 Å². The van der Waals surface area contributed by atoms with Crippen molar-refractivity contribution < 1.29 is 4.39 Å². The first-order valence-electron chi connectivity index (χ1n) is 9.97. The molecule has 160 valence electrons. The maximum absolute atomic E-state index is 14.4. The monoisotopic (exact) mass is 437 g/mol. The smallest absolute Gasteiger partial charge is 0.156 e. The minimum atomic E-state index is -0.158. The molecule has 0 amide bonds. The lowest BCUT2D eigenvalue weighted by molar-refractivity contribution is 0.246. The number of hydrogen-bond donors (Lipinski definition) is 2. The van der Waals surface area contributed by atoms with Gasteiger partial charge in [-0.15, -0.1) is 11.8 Å². The lowest BCUT2D eigenvalue weighted by Gasteiger charge is -2.36. The van der Waals surface area contributed by atoms with Crippen molar-refractivity contribution in [1.29, 1.82) is 5.41 Å². The molecule has 0 saturated carbocycles. The molecule has 3 heterocycles. The molecule has 1 aromatic carbocycles. The van der Waals surface area contributed by atoms with E-state index >= 15 is 0 Å². The van der Waals surface area contributed by atoms with Crippen LogP contribution in [0.3, 0.4) is 0 Å². The number of nitrogens with zero attached hydrogens (tertiary/aromatic N) is 5. The van der Waals surface area contributed by atoms with Crippen molar-refractivity contribution in [2.75, 3.05) is 37.3 Å². The summed E-state index contributed by atoms with van der Waals surface area (Å²) in [6.45, 7) is 3.55. The molecule has 31 heavy (non-hydrogen) atoms. The molecular formula is C22H24FN7S. The molecule has 0 spiro atoms. The van der Waals surface area contributed by atoms with E-state index in [0.29, 0.717) is 34.7 Å². The Morgan fingerprint density at radius 3 is 2.68 bits per heavy atom. The predicted octanol–water partition coefficient (Wildman–Crippen LogP) is 3.16. The Kier molecular flexibility index (Phi) is 6.43. The highest BCUT2D eigenvalue weighted by molar-refractivity contribution is 7.98. The number of aromatic nitrogens is 3. The first kappa shape index (κ1) is 21.2. The molecule has 0 atom stereocenters. The lowest BCUT2D eigenvalue weighted by atomic mass is 10.1. The first-order valence-corrected chi connectivity index (χ1v) is 11.2. The molecule has 0 radical (unpaired) electrons. The Hall–Kier alpha value is -3.04. The molecule has 1 saturated heterocycles. The molecule has 0 unspecified atom stereocenters. The molecule has 0 bridgehead atoms. The number of nitrogens with two attached hydrogens (primary N) is 1. The fourth-order valence-corrected chi connectivity index (χ4v) is 4.07. The van der Waals surface area contributed by atoms with Crippen LogP contribution in [0.4, 0.5) is 10.2 Å². The van der Waals surface area contributed by atoms with Crippen molar-refractivity contribution in [3.63, 3.8) is 0 Å². The molecule has 3 N–H and O–H groups in total. The average Bonchev–Trinajstić information content (AvgIpc) is 2.81. The Morgan fingerprint density at radius 2 is 2.00 bits per heavy atom. The van der Waals surface area contributed by atoms with Crippen LogP contribution >= 0.6 is 11.8 Å². The van der Waals surface area contributed by atoms with Crippen molar-refractivity contribution in [3.05, 3.63) is 59.9 Å². The van der Waals surface area contributed by atoms with Crippen LogP contribution in [0.25, 0.3) is 16.6 Å². The molecule has 2 aromatic heterocycles. The van der Waals surface area contributed by atoms with Gasteiger partial charge in [0.15, 0.2) is 5.82 Å². The molecule has 3 aromatic rings. The minimum Gasteiger partial charge on any atom is -0.404 e. The molecule has 0 aliphatic carbocycles. The van der Waals surface area contributed by atoms with E-state index in [4.69, 9.17) is 16.1 Å². The van der Waals surface area contributed by atoms with Gasteiger partial charge in [0.2, 0.25) is 0 Å². The molecule has 1 fully saturated rings. The van der Waals surface area contributed by atoms with Gasteiger partial charge in [-0.25, -0.2) is 14.4 Å². The third kappa shape index (κ3) is 4.52. The van der Waals surface area contributed by atoms with Crippen molar-refractivity contribution in [1.82, 2.24) is 19.9 Å². The van der Waals surface area contributed by atoms with E-state index in [9.17, 15) is 4.39 Å². The molecule has 1 aliphatic heterocycles. The highest BCUT2D eigenvalue weighted by Gasteiger charge is 2.23. The topological polar surface area (TPSA) is 95.0 Å². The number of pyridine rings is 1. The molecule has 9 heteroatoms. The van der Waals surface area contributed by atoms with E-state index in [-0.39, 0.29) is 5.82 Å². The number of fused-ring (bicyclic) bond motifs is 1. The first-order chi connectivity index (χ1) is 15.1. The Morgan fingerprint density at radius 1 is 1.19 bits per heavy atom. The second-order valence-electron chi connectivity index (χ2n) is 7.25. The van der Waals surface area contributed by atoms with Gasteiger partial charge in [0.05, 0.1) is 11.7 Å². The summed E-state index contributed by atoms with van der Waals surface area (Å²) in [5.41, 5.74) is 8.93. The van der Waals surface area contributed by atoms with Gasteiger partial charge in [-0.2, -0.15) is 0 Å². The SMILES string of the molecule is CSc1ccc(CN2CCN(c3nc4ccncc4nc3/C(C=N)=C/N)CC2)c(F)c1. The fraction of sp³-hybridized carbons (Fsp3) is 0.273. The largest absolute Gasteiger partial charge is 0.404 e. The van der Waals surface area contributed by atoms with Gasteiger partial charge in [-0.3, -0.25) is 9.88 Å². The van der Waals surface area contributed by atoms with Crippen LogP contribution in [0.15, 0.2) is 47.8 Å². The Balaban J connectivity index is 1.54. The maximum Gasteiger partial charge on any atom is 0.156 e. The third-order valence-electron chi connectivity index (χ3n) is 5.38. The highest BCUT2D eigenvalue weighted by atomic mass is 32.2. The fourth-order valence-electron chi connectivity index (χ4n) is 3.65. The summed E-state index contributed by atoms with van der Waals surface area (Å²) in [6, 6.07) is 7.25. The second-order valence-corrected chi connectivity index (χ2v) is 8.13. The summed E-state index contributed by atoms with van der Waals surface area (Å²) >= 11 is 1.54. The zero-order valence-corrected chi connectivity index (χ0v) is 18.1. The van der Waals surface area contributed by atoms with E-state index in [2.05, 4.69) is 19.8 Å². The summed E-state index contributed by atoms with van der Waals surface area (Å²) in [5, 5.41) is 7.70. The van der Waals surface area contributed by atoms with Gasteiger partial charge in [0.25, 0.3) is 0 Å². The van der Waals surface area contributed by atoms with Crippen LogP contribution in [-0.2, 0) is 6.54 Å². The maximum atomic E-state index is 14.4. The number of halogens is 1. The molecule has 4 rings (SSSR count). The average molecular weight is 438 g/mol. The van der Waals surface area contributed by atoms with Crippen molar-refractivity contribution >= 4 is 40.4 Å². The van der Waals surface area contributed by atoms with Crippen LogP contribution in [0, 0.1) is 11.2 Å². The molecule has 1 aliphatic rings. The standard InChI is InChI=1S/C22H24FN7S/c1-31-17-3-2-15(18(23)10-17)14-29-6-8-30(9-7-29)22-21(16(11-24)12-25)27-20-13-26-5-4-19(20)28-22/h2-5,10-13,24H,6-9,14,25H2,1H3/b16-12+,24-11?. The number of rotatable bonds is 6. The molecule has 7 nitrogen and oxygen atoms in total. The quantitative estimate of drug-likeness (QED) is 0.452. The second kappa shape index (κ2) is 9.40. The van der Waals surface area contributed by atoms with Gasteiger partial charge < -0.3 is 16.0 Å². The number of anilines is 1. The van der Waals surface area contributed by atoms with Gasteiger partial charge in [-0.1, -0.05) is 6.07 Å². The van der Waals surface area contributed by atoms with Crippen LogP contribution in [-0.4, -0.2) is 58.5 Å². The van der Waals surface area contributed by atoms with Crippen molar-refractivity contribution in [3.8, 4) is 0 Å². The summed E-state index contributed by atoms with van der Waals surface area (Å²) in [7, 11) is 0. The number of piperazine rings is 1. The summed E-state index contributed by atoms with van der Waals surface area (Å²) in [4.78, 5) is 18.9. The molecular weight excluding hydrogens is 413 g/mol. The van der Waals surface area contributed by atoms with Crippen LogP contribution < -0.4 is 10.6 Å². The van der Waals surface area contributed by atoms with Gasteiger partial charge in [-0.05, 0) is 24.5 Å². The lowest BCUT2D eigenvalue weighted by Crippen LogP contribution is -2.46. The van der Waals surface area contributed by atoms with Gasteiger partial charge in [0.1, 0.15) is 17.0 Å². The summed E-state index contributed by atoms with van der Waals surface area (Å²) in [6.07, 6.45) is 7.85. The summed E-state index contributed by atoms with van der Waals surface area (Å²) in [5.74, 6) is 0.545. The van der Waals surface area contributed by atoms with Gasteiger partial charge >= 0.3 is 0 Å². The number of thioether (sulfide) groups is 1. The Labute approximate surface area is 184 Å². The van der Waals surface area contributed by atoms with Crippen LogP contribution in [0.2, 0.25) is 0 Å². The predicted molar refractivity (Wildman–Crippen MR) is 124 cm³/mol. The van der Waals surface area contributed by atoms with Gasteiger partial charge in [0, 0.05) is 67.4 Å². The number of allylic oxidation sites excluding steroid dienone is 1. The van der Waals surface area contributed by atoms with E-state index in [1.807, 2.05) is 24.5 Å². The third-order valence-corrected chi connectivity index (χ3v) is 6.11. The Bertz CT molecular complexity index is 1130. The van der Waals surface area contributed by atoms with E-state index < -0.39 is 0 Å². The van der Waals surface area contributed by atoms with E-state index in [0.717, 1.165) is 36.6 Å². The number of nitrogens with one attached hydrogen (secondary N) is 1. The zero-order chi connectivity index (χ0) is 21.8. The van der Waals surface area contributed by atoms with E-state index in [1.165, 1.54) is 24.2 Å². The van der Waals surface area contributed by atoms with E-state index in [1.54, 1.807) is 18.5 Å². The normalized spacial score (nSPS) is 15.4. The van der Waals surface area contributed by atoms with Crippen molar-refractivity contribution in [2.45, 2.75) is 11.4 Å². The number of benzene rings is 1. The number of hydrogen-bond acceptors (Lipinski definition) is 8. The highest BCUT2D eigenvalue weighted by Crippen LogP contribution is 2.27. The zero-order valence-electron chi connectivity index (χ0n) is 17.3. The minimum absolute atomic E-state index is 0.158.